The van der Waals surface area contributed by atoms with Gasteiger partial charge in [-0.05, 0) is 38.0 Å². The number of rotatable bonds is 6. The average molecular weight is 407 g/mol. The first kappa shape index (κ1) is 18.9. The second-order valence-corrected chi connectivity index (χ2v) is 8.78. The smallest absolute Gasteiger partial charge is 0.190 e. The summed E-state index contributed by atoms with van der Waals surface area (Å²) in [6.07, 6.45) is 1.84. The first-order valence-electron chi connectivity index (χ1n) is 9.17. The zero-order valence-corrected chi connectivity index (χ0v) is 17.9. The third-order valence-electron chi connectivity index (χ3n) is 4.49. The summed E-state index contributed by atoms with van der Waals surface area (Å²) in [5, 5.41) is 5.29. The molecule has 0 aliphatic rings. The summed E-state index contributed by atoms with van der Waals surface area (Å²) in [6.45, 7) is 10.7. The van der Waals surface area contributed by atoms with Crippen molar-refractivity contribution in [3.05, 3.63) is 65.4 Å². The number of aromatic nitrogens is 3. The van der Waals surface area contributed by atoms with E-state index in [2.05, 4.69) is 56.1 Å². The van der Waals surface area contributed by atoms with Crippen molar-refractivity contribution in [1.29, 1.82) is 0 Å². The minimum atomic E-state index is 0.661. The fraction of sp³-hybridized carbons (Fsp3) is 0.227. The number of aryl methyl sites for hydroxylation is 3. The minimum Gasteiger partial charge on any atom is -0.365 e. The van der Waals surface area contributed by atoms with Gasteiger partial charge in [-0.15, -0.1) is 17.9 Å². The molecule has 0 radical (unpaired) electrons. The van der Waals surface area contributed by atoms with Gasteiger partial charge >= 0.3 is 0 Å². The summed E-state index contributed by atoms with van der Waals surface area (Å²) in [5.41, 5.74) is 5.75. The third-order valence-corrected chi connectivity index (χ3v) is 6.49. The molecule has 0 atom stereocenters. The Morgan fingerprint density at radius 3 is 2.64 bits per heavy atom. The predicted molar refractivity (Wildman–Crippen MR) is 122 cm³/mol. The van der Waals surface area contributed by atoms with E-state index in [0.29, 0.717) is 6.54 Å². The Hall–Kier alpha value is -2.44. The van der Waals surface area contributed by atoms with Gasteiger partial charge in [0.1, 0.15) is 10.6 Å². The number of hydrogen-bond acceptors (Lipinski definition) is 6. The molecule has 142 valence electrons. The highest BCUT2D eigenvalue weighted by atomic mass is 32.2. The number of hydrogen-bond donors (Lipinski definition) is 1. The minimum absolute atomic E-state index is 0.661. The number of thioether (sulfide) groups is 1. The standard InChI is InChI=1S/C22H22N4S2/c1-5-10-23-20-19-18(17-14(3)11-15(4)24-21(17)28-19)25-22(26-20)27-12-16-8-6-13(2)7-9-16/h5-9,11H,1,10,12H2,2-4H3,(H,23,25,26). The second-order valence-electron chi connectivity index (χ2n) is 6.84. The van der Waals surface area contributed by atoms with Crippen LogP contribution in [-0.4, -0.2) is 21.5 Å². The lowest BCUT2D eigenvalue weighted by Gasteiger charge is -2.07. The van der Waals surface area contributed by atoms with Gasteiger partial charge in [-0.3, -0.25) is 0 Å². The van der Waals surface area contributed by atoms with Gasteiger partial charge in [0.2, 0.25) is 0 Å². The average Bonchev–Trinajstić information content (AvgIpc) is 3.04. The highest BCUT2D eigenvalue weighted by molar-refractivity contribution is 7.98. The first-order chi connectivity index (χ1) is 13.5. The summed E-state index contributed by atoms with van der Waals surface area (Å²) in [6, 6.07) is 10.7. The molecule has 0 amide bonds. The van der Waals surface area contributed by atoms with E-state index in [1.54, 1.807) is 23.1 Å². The SMILES string of the molecule is C=CCNc1nc(SCc2ccc(C)cc2)nc2c1sc1nc(C)cc(C)c12. The monoisotopic (exact) mass is 406 g/mol. The fourth-order valence-electron chi connectivity index (χ4n) is 3.14. The Bertz CT molecular complexity index is 1160. The Morgan fingerprint density at radius 1 is 1.11 bits per heavy atom. The zero-order valence-electron chi connectivity index (χ0n) is 16.2. The van der Waals surface area contributed by atoms with Crippen LogP contribution in [0.5, 0.6) is 0 Å². The molecule has 1 N–H and O–H groups in total. The quantitative estimate of drug-likeness (QED) is 0.240. The molecule has 0 fully saturated rings. The lowest BCUT2D eigenvalue weighted by atomic mass is 10.1. The van der Waals surface area contributed by atoms with E-state index in [1.165, 1.54) is 16.7 Å². The molecular formula is C22H22N4S2. The van der Waals surface area contributed by atoms with E-state index in [-0.39, 0.29) is 0 Å². The van der Waals surface area contributed by atoms with Crippen molar-refractivity contribution >= 4 is 49.3 Å². The molecule has 0 aliphatic carbocycles. The van der Waals surface area contributed by atoms with Crippen molar-refractivity contribution in [3.63, 3.8) is 0 Å². The summed E-state index contributed by atoms with van der Waals surface area (Å²) in [5.74, 6) is 1.70. The van der Waals surface area contributed by atoms with Crippen LogP contribution in [0.15, 0.2) is 48.1 Å². The Labute approximate surface area is 173 Å². The van der Waals surface area contributed by atoms with E-state index in [4.69, 9.17) is 15.0 Å². The van der Waals surface area contributed by atoms with Crippen molar-refractivity contribution in [2.75, 3.05) is 11.9 Å². The second kappa shape index (κ2) is 7.89. The maximum absolute atomic E-state index is 4.91. The van der Waals surface area contributed by atoms with Crippen molar-refractivity contribution in [1.82, 2.24) is 15.0 Å². The highest BCUT2D eigenvalue weighted by Gasteiger charge is 2.17. The van der Waals surface area contributed by atoms with Crippen LogP contribution < -0.4 is 5.32 Å². The van der Waals surface area contributed by atoms with Crippen LogP contribution in [0, 0.1) is 20.8 Å². The molecular weight excluding hydrogens is 384 g/mol. The van der Waals surface area contributed by atoms with Gasteiger partial charge in [0.25, 0.3) is 0 Å². The zero-order chi connectivity index (χ0) is 19.7. The summed E-state index contributed by atoms with van der Waals surface area (Å²) in [7, 11) is 0. The van der Waals surface area contributed by atoms with Crippen molar-refractivity contribution in [2.24, 2.45) is 0 Å². The molecule has 0 spiro atoms. The van der Waals surface area contributed by atoms with Gasteiger partial charge in [0.05, 0.1) is 10.2 Å². The Balaban J connectivity index is 1.78. The molecule has 0 unspecified atom stereocenters. The first-order valence-corrected chi connectivity index (χ1v) is 11.0. The number of nitrogens with one attached hydrogen (secondary N) is 1. The topological polar surface area (TPSA) is 50.7 Å². The number of nitrogens with zero attached hydrogens (tertiary/aromatic N) is 3. The van der Waals surface area contributed by atoms with Crippen LogP contribution in [0.2, 0.25) is 0 Å². The van der Waals surface area contributed by atoms with Crippen LogP contribution in [0.3, 0.4) is 0 Å². The molecule has 4 nitrogen and oxygen atoms in total. The van der Waals surface area contributed by atoms with Crippen LogP contribution in [0.1, 0.15) is 22.4 Å². The van der Waals surface area contributed by atoms with E-state index in [9.17, 15) is 0 Å². The molecule has 0 aliphatic heterocycles. The highest BCUT2D eigenvalue weighted by Crippen LogP contribution is 2.38. The number of anilines is 1. The van der Waals surface area contributed by atoms with E-state index in [1.807, 2.05) is 13.0 Å². The number of benzene rings is 1. The van der Waals surface area contributed by atoms with Crippen LogP contribution in [-0.2, 0) is 5.75 Å². The maximum Gasteiger partial charge on any atom is 0.190 e. The molecule has 4 rings (SSSR count). The summed E-state index contributed by atoms with van der Waals surface area (Å²) >= 11 is 3.31. The number of pyridine rings is 1. The van der Waals surface area contributed by atoms with E-state index >= 15 is 0 Å². The molecule has 0 bridgehead atoms. The Morgan fingerprint density at radius 2 is 1.89 bits per heavy atom. The molecule has 3 aromatic heterocycles. The molecule has 0 saturated carbocycles. The molecule has 28 heavy (non-hydrogen) atoms. The maximum atomic E-state index is 4.91. The van der Waals surface area contributed by atoms with Gasteiger partial charge < -0.3 is 5.32 Å². The fourth-order valence-corrected chi connectivity index (χ4v) is 5.14. The van der Waals surface area contributed by atoms with Gasteiger partial charge in [-0.2, -0.15) is 0 Å². The van der Waals surface area contributed by atoms with Crippen LogP contribution in [0.25, 0.3) is 20.4 Å². The molecule has 0 saturated heterocycles. The van der Waals surface area contributed by atoms with Gasteiger partial charge in [0.15, 0.2) is 5.16 Å². The van der Waals surface area contributed by atoms with Gasteiger partial charge in [-0.25, -0.2) is 15.0 Å². The summed E-state index contributed by atoms with van der Waals surface area (Å²) in [4.78, 5) is 15.4. The predicted octanol–water partition coefficient (Wildman–Crippen LogP) is 6.05. The third kappa shape index (κ3) is 3.75. The molecule has 6 heteroatoms. The van der Waals surface area contributed by atoms with Crippen LogP contribution in [0.4, 0.5) is 5.82 Å². The van der Waals surface area contributed by atoms with E-state index in [0.717, 1.165) is 42.9 Å². The van der Waals surface area contributed by atoms with Crippen molar-refractivity contribution < 1.29 is 0 Å². The van der Waals surface area contributed by atoms with Crippen LogP contribution >= 0.6 is 23.1 Å². The number of thiophene rings is 1. The Kier molecular flexibility index (Phi) is 5.33. The van der Waals surface area contributed by atoms with Gasteiger partial charge in [0, 0.05) is 23.4 Å². The van der Waals surface area contributed by atoms with Crippen molar-refractivity contribution in [2.45, 2.75) is 31.7 Å². The molecule has 4 aromatic rings. The lowest BCUT2D eigenvalue weighted by molar-refractivity contribution is 1.00. The normalized spacial score (nSPS) is 11.2. The number of fused-ring (bicyclic) bond motifs is 3. The van der Waals surface area contributed by atoms with E-state index < -0.39 is 0 Å². The summed E-state index contributed by atoms with van der Waals surface area (Å²) < 4.78 is 1.05. The van der Waals surface area contributed by atoms with Gasteiger partial charge in [-0.1, -0.05) is 47.7 Å². The lowest BCUT2D eigenvalue weighted by Crippen LogP contribution is -2.02. The largest absolute Gasteiger partial charge is 0.365 e. The molecule has 1 aromatic carbocycles. The molecule has 3 heterocycles. The van der Waals surface area contributed by atoms with Crippen molar-refractivity contribution in [3.8, 4) is 0 Å².